The predicted octanol–water partition coefficient (Wildman–Crippen LogP) is 3.66. The Morgan fingerprint density at radius 3 is 2.53 bits per heavy atom. The van der Waals surface area contributed by atoms with Gasteiger partial charge in [0, 0.05) is 5.69 Å². The van der Waals surface area contributed by atoms with E-state index in [2.05, 4.69) is 5.32 Å². The summed E-state index contributed by atoms with van der Waals surface area (Å²) in [4.78, 5) is 11.8. The summed E-state index contributed by atoms with van der Waals surface area (Å²) in [5.41, 5.74) is 0.364. The van der Waals surface area contributed by atoms with E-state index in [0.29, 0.717) is 5.56 Å². The summed E-state index contributed by atoms with van der Waals surface area (Å²) in [5, 5.41) is 2.32. The highest BCUT2D eigenvalue weighted by Crippen LogP contribution is 2.16. The van der Waals surface area contributed by atoms with Gasteiger partial charge in [-0.2, -0.15) is 0 Å². The predicted molar refractivity (Wildman–Crippen MR) is 65.4 cm³/mol. The van der Waals surface area contributed by atoms with Gasteiger partial charge in [0.05, 0.1) is 5.56 Å². The maximum absolute atomic E-state index is 13.4. The summed E-state index contributed by atoms with van der Waals surface area (Å²) in [6.45, 7) is 1.65. The van der Waals surface area contributed by atoms with E-state index in [4.69, 9.17) is 0 Å². The number of aryl methyl sites for hydroxylation is 1. The van der Waals surface area contributed by atoms with Crippen LogP contribution in [0.3, 0.4) is 0 Å². The molecule has 0 unspecified atom stereocenters. The van der Waals surface area contributed by atoms with Gasteiger partial charge in [-0.15, -0.1) is 0 Å². The summed E-state index contributed by atoms with van der Waals surface area (Å²) < 4.78 is 39.5. The van der Waals surface area contributed by atoms with Gasteiger partial charge in [0.2, 0.25) is 0 Å². The fraction of sp³-hybridized carbons (Fsp3) is 0.0714. The zero-order valence-electron chi connectivity index (χ0n) is 10.0. The third kappa shape index (κ3) is 2.93. The van der Waals surface area contributed by atoms with Crippen LogP contribution in [0.4, 0.5) is 18.9 Å². The van der Waals surface area contributed by atoms with Gasteiger partial charge in [-0.1, -0.05) is 6.07 Å². The maximum atomic E-state index is 13.4. The van der Waals surface area contributed by atoms with Gasteiger partial charge in [0.15, 0.2) is 11.6 Å². The molecule has 2 rings (SSSR count). The molecule has 0 saturated carbocycles. The van der Waals surface area contributed by atoms with E-state index in [9.17, 15) is 18.0 Å². The van der Waals surface area contributed by atoms with E-state index in [0.717, 1.165) is 18.2 Å². The summed E-state index contributed by atoms with van der Waals surface area (Å²) >= 11 is 0. The highest BCUT2D eigenvalue weighted by molar-refractivity contribution is 6.04. The topological polar surface area (TPSA) is 29.1 Å². The second-order valence-electron chi connectivity index (χ2n) is 4.07. The van der Waals surface area contributed by atoms with Crippen LogP contribution in [0.25, 0.3) is 0 Å². The minimum Gasteiger partial charge on any atom is -0.322 e. The largest absolute Gasteiger partial charge is 0.322 e. The lowest BCUT2D eigenvalue weighted by Gasteiger charge is -2.07. The Hall–Kier alpha value is -2.30. The van der Waals surface area contributed by atoms with Crippen molar-refractivity contribution in [3.63, 3.8) is 0 Å². The first-order valence-corrected chi connectivity index (χ1v) is 5.50. The molecule has 0 aliphatic rings. The van der Waals surface area contributed by atoms with Crippen LogP contribution in [0.2, 0.25) is 0 Å². The van der Waals surface area contributed by atoms with Crippen molar-refractivity contribution < 1.29 is 18.0 Å². The van der Waals surface area contributed by atoms with Gasteiger partial charge in [-0.3, -0.25) is 4.79 Å². The van der Waals surface area contributed by atoms with Gasteiger partial charge >= 0.3 is 0 Å². The zero-order valence-corrected chi connectivity index (χ0v) is 10.0. The Morgan fingerprint density at radius 2 is 1.84 bits per heavy atom. The van der Waals surface area contributed by atoms with Crippen molar-refractivity contribution in [3.05, 3.63) is 65.0 Å². The summed E-state index contributed by atoms with van der Waals surface area (Å²) in [7, 11) is 0. The highest BCUT2D eigenvalue weighted by atomic mass is 19.2. The first-order valence-electron chi connectivity index (χ1n) is 5.50. The Morgan fingerprint density at radius 1 is 1.11 bits per heavy atom. The first-order chi connectivity index (χ1) is 8.97. The number of rotatable bonds is 2. The molecule has 0 radical (unpaired) electrons. The van der Waals surface area contributed by atoms with Gasteiger partial charge in [-0.05, 0) is 42.8 Å². The van der Waals surface area contributed by atoms with Crippen LogP contribution in [0.1, 0.15) is 15.9 Å². The number of anilines is 1. The van der Waals surface area contributed by atoms with Crippen molar-refractivity contribution in [2.24, 2.45) is 0 Å². The highest BCUT2D eigenvalue weighted by Gasteiger charge is 2.15. The second kappa shape index (κ2) is 5.14. The lowest BCUT2D eigenvalue weighted by molar-refractivity contribution is 0.102. The third-order valence-corrected chi connectivity index (χ3v) is 2.50. The van der Waals surface area contributed by atoms with Crippen LogP contribution in [0.15, 0.2) is 36.4 Å². The maximum Gasteiger partial charge on any atom is 0.258 e. The number of nitrogens with one attached hydrogen (secondary N) is 1. The van der Waals surface area contributed by atoms with E-state index < -0.39 is 28.9 Å². The average molecular weight is 265 g/mol. The number of halogens is 3. The lowest BCUT2D eigenvalue weighted by Crippen LogP contribution is -2.14. The van der Waals surface area contributed by atoms with E-state index in [1.54, 1.807) is 6.92 Å². The molecule has 0 aromatic heterocycles. The first kappa shape index (κ1) is 13.1. The van der Waals surface area contributed by atoms with E-state index in [1.807, 2.05) is 0 Å². The summed E-state index contributed by atoms with van der Waals surface area (Å²) in [5.74, 6) is -3.69. The van der Waals surface area contributed by atoms with Gasteiger partial charge < -0.3 is 5.32 Å². The minimum absolute atomic E-state index is 0.186. The van der Waals surface area contributed by atoms with Crippen molar-refractivity contribution >= 4 is 11.6 Å². The number of carbonyl (C=O) groups excluding carboxylic acids is 1. The monoisotopic (exact) mass is 265 g/mol. The van der Waals surface area contributed by atoms with Crippen molar-refractivity contribution in [3.8, 4) is 0 Å². The average Bonchev–Trinajstić information content (AvgIpc) is 2.31. The molecule has 5 heteroatoms. The minimum atomic E-state index is -1.23. The standard InChI is InChI=1S/C14H10F3NO/c1-8-5-9(15)7-10(6-8)18-14(19)11-3-2-4-12(16)13(11)17/h2-7H,1H3,(H,18,19). The van der Waals surface area contributed by atoms with Gasteiger partial charge in [-0.25, -0.2) is 13.2 Å². The molecule has 98 valence electrons. The van der Waals surface area contributed by atoms with E-state index in [-0.39, 0.29) is 5.69 Å². The normalized spacial score (nSPS) is 10.3. The molecule has 2 nitrogen and oxygen atoms in total. The lowest BCUT2D eigenvalue weighted by atomic mass is 10.1. The number of amides is 1. The van der Waals surface area contributed by atoms with Gasteiger partial charge in [0.25, 0.3) is 5.91 Å². The second-order valence-corrected chi connectivity index (χ2v) is 4.07. The third-order valence-electron chi connectivity index (χ3n) is 2.50. The Balaban J connectivity index is 2.28. The van der Waals surface area contributed by atoms with Crippen molar-refractivity contribution in [2.45, 2.75) is 6.92 Å². The quantitative estimate of drug-likeness (QED) is 0.882. The fourth-order valence-electron chi connectivity index (χ4n) is 1.69. The van der Waals surface area contributed by atoms with Crippen molar-refractivity contribution in [1.82, 2.24) is 0 Å². The zero-order chi connectivity index (χ0) is 14.0. The van der Waals surface area contributed by atoms with Crippen LogP contribution in [-0.4, -0.2) is 5.91 Å². The number of benzene rings is 2. The molecule has 0 aliphatic carbocycles. The molecule has 1 N–H and O–H groups in total. The molecular weight excluding hydrogens is 255 g/mol. The molecule has 0 fully saturated rings. The summed E-state index contributed by atoms with van der Waals surface area (Å²) in [6, 6.07) is 7.21. The van der Waals surface area contributed by atoms with Crippen LogP contribution < -0.4 is 5.32 Å². The molecule has 0 spiro atoms. The molecule has 19 heavy (non-hydrogen) atoms. The van der Waals surface area contributed by atoms with Crippen molar-refractivity contribution in [1.29, 1.82) is 0 Å². The molecule has 2 aromatic carbocycles. The Labute approximate surface area is 107 Å². The molecule has 1 amide bonds. The fourth-order valence-corrected chi connectivity index (χ4v) is 1.69. The van der Waals surface area contributed by atoms with Crippen LogP contribution in [-0.2, 0) is 0 Å². The molecule has 0 bridgehead atoms. The molecule has 2 aromatic rings. The number of hydrogen-bond acceptors (Lipinski definition) is 1. The van der Waals surface area contributed by atoms with Gasteiger partial charge in [0.1, 0.15) is 5.82 Å². The van der Waals surface area contributed by atoms with Crippen LogP contribution in [0.5, 0.6) is 0 Å². The van der Waals surface area contributed by atoms with Crippen molar-refractivity contribution in [2.75, 3.05) is 5.32 Å². The van der Waals surface area contributed by atoms with Crippen LogP contribution in [0, 0.1) is 24.4 Å². The number of carbonyl (C=O) groups is 1. The number of hydrogen-bond donors (Lipinski definition) is 1. The summed E-state index contributed by atoms with van der Waals surface area (Å²) in [6.07, 6.45) is 0. The molecule has 0 aliphatic heterocycles. The SMILES string of the molecule is Cc1cc(F)cc(NC(=O)c2cccc(F)c2F)c1. The molecule has 0 heterocycles. The Bertz CT molecular complexity index is 620. The van der Waals surface area contributed by atoms with E-state index in [1.165, 1.54) is 18.2 Å². The molecule has 0 atom stereocenters. The Kier molecular flexibility index (Phi) is 3.55. The van der Waals surface area contributed by atoms with Crippen LogP contribution >= 0.6 is 0 Å². The molecule has 0 saturated heterocycles. The smallest absolute Gasteiger partial charge is 0.258 e. The molecular formula is C14H10F3NO. The van der Waals surface area contributed by atoms with E-state index >= 15 is 0 Å².